The van der Waals surface area contributed by atoms with Crippen molar-refractivity contribution in [2.24, 2.45) is 5.92 Å². The molecule has 1 aliphatic carbocycles. The molecule has 0 spiro atoms. The first kappa shape index (κ1) is 13.0. The molecular formula is C13H28N2. The monoisotopic (exact) mass is 212 g/mol. The van der Waals surface area contributed by atoms with Gasteiger partial charge in [-0.25, -0.2) is 0 Å². The van der Waals surface area contributed by atoms with Gasteiger partial charge in [0, 0.05) is 18.6 Å². The lowest BCUT2D eigenvalue weighted by Gasteiger charge is -2.38. The van der Waals surface area contributed by atoms with E-state index in [1.165, 1.54) is 32.2 Å². The maximum Gasteiger partial charge on any atom is 0.0217 e. The Morgan fingerprint density at radius 1 is 1.33 bits per heavy atom. The van der Waals surface area contributed by atoms with Crippen molar-refractivity contribution in [3.63, 3.8) is 0 Å². The number of rotatable bonds is 7. The van der Waals surface area contributed by atoms with Crippen LogP contribution in [0.3, 0.4) is 0 Å². The summed E-state index contributed by atoms with van der Waals surface area (Å²) >= 11 is 0. The second-order valence-electron chi connectivity index (χ2n) is 5.33. The van der Waals surface area contributed by atoms with E-state index in [1.807, 2.05) is 0 Å². The lowest BCUT2D eigenvalue weighted by molar-refractivity contribution is 0.135. The zero-order chi connectivity index (χ0) is 11.3. The average molecular weight is 212 g/mol. The third-order valence-corrected chi connectivity index (χ3v) is 3.64. The van der Waals surface area contributed by atoms with Crippen molar-refractivity contribution in [2.75, 3.05) is 20.1 Å². The van der Waals surface area contributed by atoms with E-state index in [4.69, 9.17) is 0 Å². The molecule has 0 aliphatic heterocycles. The minimum absolute atomic E-state index is 0.663. The smallest absolute Gasteiger partial charge is 0.0217 e. The van der Waals surface area contributed by atoms with E-state index in [1.54, 1.807) is 0 Å². The van der Waals surface area contributed by atoms with E-state index < -0.39 is 0 Å². The molecule has 0 aromatic rings. The first-order valence-corrected chi connectivity index (χ1v) is 6.58. The summed E-state index contributed by atoms with van der Waals surface area (Å²) in [7, 11) is 2.28. The Labute approximate surface area is 95.4 Å². The summed E-state index contributed by atoms with van der Waals surface area (Å²) < 4.78 is 0. The summed E-state index contributed by atoms with van der Waals surface area (Å²) in [5.41, 5.74) is 0. The Balaban J connectivity index is 2.28. The molecule has 1 N–H and O–H groups in total. The summed E-state index contributed by atoms with van der Waals surface area (Å²) in [6.07, 6.45) is 5.49. The molecule has 0 bridgehead atoms. The molecule has 1 unspecified atom stereocenters. The first-order chi connectivity index (χ1) is 7.15. The van der Waals surface area contributed by atoms with E-state index in [-0.39, 0.29) is 0 Å². The van der Waals surface area contributed by atoms with E-state index in [9.17, 15) is 0 Å². The molecule has 15 heavy (non-hydrogen) atoms. The Morgan fingerprint density at radius 2 is 2.00 bits per heavy atom. The van der Waals surface area contributed by atoms with Crippen LogP contribution in [0.2, 0.25) is 0 Å². The van der Waals surface area contributed by atoms with Gasteiger partial charge in [0.05, 0.1) is 0 Å². The van der Waals surface area contributed by atoms with E-state index in [2.05, 4.69) is 38.0 Å². The first-order valence-electron chi connectivity index (χ1n) is 6.58. The van der Waals surface area contributed by atoms with Crippen LogP contribution in [0.4, 0.5) is 0 Å². The standard InChI is InChI=1S/C13H28N2/c1-5-9-14-13(11(2)3)10-15(4)12-7-6-8-12/h11-14H,5-10H2,1-4H3. The molecular weight excluding hydrogens is 184 g/mol. The van der Waals surface area contributed by atoms with Crippen molar-refractivity contribution in [3.05, 3.63) is 0 Å². The van der Waals surface area contributed by atoms with Crippen molar-refractivity contribution >= 4 is 0 Å². The molecule has 0 saturated heterocycles. The molecule has 2 nitrogen and oxygen atoms in total. The summed E-state index contributed by atoms with van der Waals surface area (Å²) in [6.45, 7) is 9.24. The van der Waals surface area contributed by atoms with Gasteiger partial charge in [0.2, 0.25) is 0 Å². The van der Waals surface area contributed by atoms with Gasteiger partial charge in [0.1, 0.15) is 0 Å². The minimum atomic E-state index is 0.663. The fourth-order valence-electron chi connectivity index (χ4n) is 2.13. The normalized spacial score (nSPS) is 19.6. The summed E-state index contributed by atoms with van der Waals surface area (Å²) in [5.74, 6) is 0.735. The maximum absolute atomic E-state index is 3.66. The molecule has 90 valence electrons. The van der Waals surface area contributed by atoms with Crippen LogP contribution in [0.25, 0.3) is 0 Å². The van der Waals surface area contributed by atoms with Crippen molar-refractivity contribution in [1.29, 1.82) is 0 Å². The Kier molecular flexibility index (Phi) is 5.62. The van der Waals surface area contributed by atoms with Crippen LogP contribution in [0, 0.1) is 5.92 Å². The molecule has 0 radical (unpaired) electrons. The van der Waals surface area contributed by atoms with Crippen molar-refractivity contribution in [1.82, 2.24) is 10.2 Å². The highest BCUT2D eigenvalue weighted by Gasteiger charge is 2.24. The van der Waals surface area contributed by atoms with Crippen LogP contribution < -0.4 is 5.32 Å². The van der Waals surface area contributed by atoms with Crippen molar-refractivity contribution in [3.8, 4) is 0 Å². The number of hydrogen-bond acceptors (Lipinski definition) is 2. The zero-order valence-corrected chi connectivity index (χ0v) is 10.9. The Hall–Kier alpha value is -0.0800. The highest BCUT2D eigenvalue weighted by atomic mass is 15.2. The largest absolute Gasteiger partial charge is 0.312 e. The van der Waals surface area contributed by atoms with E-state index >= 15 is 0 Å². The average Bonchev–Trinajstić information content (AvgIpc) is 2.08. The van der Waals surface area contributed by atoms with Gasteiger partial charge in [-0.3, -0.25) is 0 Å². The predicted octanol–water partition coefficient (Wildman–Crippen LogP) is 2.49. The molecule has 0 aromatic carbocycles. The van der Waals surface area contributed by atoms with Crippen LogP contribution in [-0.4, -0.2) is 37.1 Å². The van der Waals surface area contributed by atoms with Gasteiger partial charge in [0.15, 0.2) is 0 Å². The van der Waals surface area contributed by atoms with Gasteiger partial charge in [-0.15, -0.1) is 0 Å². The third kappa shape index (κ3) is 4.12. The molecule has 1 saturated carbocycles. The lowest BCUT2D eigenvalue weighted by atomic mass is 9.91. The van der Waals surface area contributed by atoms with E-state index in [0.29, 0.717) is 6.04 Å². The van der Waals surface area contributed by atoms with Crippen LogP contribution in [0.1, 0.15) is 46.5 Å². The third-order valence-electron chi connectivity index (χ3n) is 3.64. The van der Waals surface area contributed by atoms with Crippen LogP contribution >= 0.6 is 0 Å². The zero-order valence-electron chi connectivity index (χ0n) is 10.9. The fraction of sp³-hybridized carbons (Fsp3) is 1.00. The number of hydrogen-bond donors (Lipinski definition) is 1. The number of nitrogens with one attached hydrogen (secondary N) is 1. The molecule has 1 aliphatic rings. The molecule has 0 amide bonds. The van der Waals surface area contributed by atoms with Crippen molar-refractivity contribution in [2.45, 2.75) is 58.5 Å². The van der Waals surface area contributed by atoms with Crippen LogP contribution in [-0.2, 0) is 0 Å². The number of nitrogens with zero attached hydrogens (tertiary/aromatic N) is 1. The second-order valence-corrected chi connectivity index (χ2v) is 5.33. The van der Waals surface area contributed by atoms with E-state index in [0.717, 1.165) is 18.5 Å². The Morgan fingerprint density at radius 3 is 2.40 bits per heavy atom. The lowest BCUT2D eigenvalue weighted by Crippen LogP contribution is -2.48. The molecule has 2 heteroatoms. The van der Waals surface area contributed by atoms with Gasteiger partial charge in [-0.05, 0) is 38.8 Å². The van der Waals surface area contributed by atoms with Gasteiger partial charge in [0.25, 0.3) is 0 Å². The predicted molar refractivity (Wildman–Crippen MR) is 67.2 cm³/mol. The number of likely N-dealkylation sites (N-methyl/N-ethyl adjacent to an activating group) is 1. The van der Waals surface area contributed by atoms with Crippen LogP contribution in [0.15, 0.2) is 0 Å². The molecule has 1 atom stereocenters. The molecule has 0 heterocycles. The summed E-state index contributed by atoms with van der Waals surface area (Å²) in [5, 5.41) is 3.66. The topological polar surface area (TPSA) is 15.3 Å². The summed E-state index contributed by atoms with van der Waals surface area (Å²) in [6, 6.07) is 1.53. The van der Waals surface area contributed by atoms with Crippen molar-refractivity contribution < 1.29 is 0 Å². The fourth-order valence-corrected chi connectivity index (χ4v) is 2.13. The van der Waals surface area contributed by atoms with Crippen LogP contribution in [0.5, 0.6) is 0 Å². The Bertz CT molecular complexity index is 164. The molecule has 1 rings (SSSR count). The van der Waals surface area contributed by atoms with Gasteiger partial charge in [-0.1, -0.05) is 27.2 Å². The van der Waals surface area contributed by atoms with Gasteiger partial charge >= 0.3 is 0 Å². The van der Waals surface area contributed by atoms with Gasteiger partial charge < -0.3 is 10.2 Å². The minimum Gasteiger partial charge on any atom is -0.312 e. The molecule has 0 aromatic heterocycles. The SMILES string of the molecule is CCCNC(CN(C)C1CCC1)C(C)C. The summed E-state index contributed by atoms with van der Waals surface area (Å²) in [4.78, 5) is 2.55. The highest BCUT2D eigenvalue weighted by Crippen LogP contribution is 2.24. The second kappa shape index (κ2) is 6.49. The maximum atomic E-state index is 3.66. The highest BCUT2D eigenvalue weighted by molar-refractivity contribution is 4.82. The quantitative estimate of drug-likeness (QED) is 0.697. The molecule has 1 fully saturated rings. The van der Waals surface area contributed by atoms with Gasteiger partial charge in [-0.2, -0.15) is 0 Å².